The van der Waals surface area contributed by atoms with Crippen LogP contribution in [-0.2, 0) is 14.3 Å². The van der Waals surface area contributed by atoms with Crippen LogP contribution in [-0.4, -0.2) is 25.0 Å². The molecule has 0 spiro atoms. The van der Waals surface area contributed by atoms with Gasteiger partial charge in [-0.2, -0.15) is 0 Å². The summed E-state index contributed by atoms with van der Waals surface area (Å²) in [6.07, 6.45) is 5.79. The second-order valence-corrected chi connectivity index (χ2v) is 5.92. The Morgan fingerprint density at radius 2 is 1.91 bits per heavy atom. The summed E-state index contributed by atoms with van der Waals surface area (Å²) >= 11 is 0. The molecule has 0 saturated heterocycles. The van der Waals surface area contributed by atoms with E-state index >= 15 is 0 Å². The van der Waals surface area contributed by atoms with E-state index in [-0.39, 0.29) is 17.8 Å². The summed E-state index contributed by atoms with van der Waals surface area (Å²) in [5, 5.41) is 0. The molecule has 23 heavy (non-hydrogen) atoms. The van der Waals surface area contributed by atoms with Crippen molar-refractivity contribution in [1.82, 2.24) is 0 Å². The maximum absolute atomic E-state index is 12.5. The van der Waals surface area contributed by atoms with Gasteiger partial charge in [0.1, 0.15) is 0 Å². The van der Waals surface area contributed by atoms with Crippen LogP contribution >= 0.6 is 0 Å². The molecule has 0 fully saturated rings. The molecule has 0 bridgehead atoms. The van der Waals surface area contributed by atoms with Gasteiger partial charge in [-0.3, -0.25) is 9.59 Å². The van der Waals surface area contributed by atoms with Crippen LogP contribution in [0.15, 0.2) is 47.6 Å². The van der Waals surface area contributed by atoms with Crippen LogP contribution in [0.1, 0.15) is 38.2 Å². The Kier molecular flexibility index (Phi) is 4.33. The number of allylic oxidation sites excluding steroid dienone is 2. The van der Waals surface area contributed by atoms with Crippen LogP contribution in [0.5, 0.6) is 0 Å². The molecular formula is C19H21NO3. The van der Waals surface area contributed by atoms with Crippen molar-refractivity contribution in [3.8, 4) is 0 Å². The van der Waals surface area contributed by atoms with Crippen LogP contribution in [0.3, 0.4) is 0 Å². The Morgan fingerprint density at radius 1 is 1.22 bits per heavy atom. The highest BCUT2D eigenvalue weighted by atomic mass is 16.5. The molecule has 1 unspecified atom stereocenters. The van der Waals surface area contributed by atoms with Gasteiger partial charge in [0.25, 0.3) is 5.91 Å². The molecule has 0 N–H and O–H groups in total. The van der Waals surface area contributed by atoms with Crippen molar-refractivity contribution in [2.75, 3.05) is 18.1 Å². The molecule has 1 aliphatic carbocycles. The van der Waals surface area contributed by atoms with Gasteiger partial charge in [0, 0.05) is 17.8 Å². The summed E-state index contributed by atoms with van der Waals surface area (Å²) in [5.41, 5.74) is 3.94. The number of carbonyl (C=O) groups excluding carboxylic acids is 2. The van der Waals surface area contributed by atoms with Crippen molar-refractivity contribution in [1.29, 1.82) is 0 Å². The van der Waals surface area contributed by atoms with E-state index in [1.807, 2.05) is 36.1 Å². The van der Waals surface area contributed by atoms with Crippen molar-refractivity contribution >= 4 is 17.6 Å². The number of amides is 1. The lowest BCUT2D eigenvalue weighted by Gasteiger charge is -2.18. The second kappa shape index (κ2) is 6.41. The van der Waals surface area contributed by atoms with Gasteiger partial charge in [0.15, 0.2) is 0 Å². The van der Waals surface area contributed by atoms with Crippen LogP contribution < -0.4 is 4.90 Å². The molecule has 4 heteroatoms. The molecule has 120 valence electrons. The molecule has 1 aliphatic heterocycles. The van der Waals surface area contributed by atoms with E-state index in [0.29, 0.717) is 13.2 Å². The highest BCUT2D eigenvalue weighted by Crippen LogP contribution is 2.32. The van der Waals surface area contributed by atoms with Crippen molar-refractivity contribution in [3.63, 3.8) is 0 Å². The number of carbonyl (C=O) groups is 2. The van der Waals surface area contributed by atoms with Gasteiger partial charge in [-0.15, -0.1) is 0 Å². The van der Waals surface area contributed by atoms with Crippen LogP contribution in [0, 0.1) is 0 Å². The second-order valence-electron chi connectivity index (χ2n) is 5.92. The Hall–Kier alpha value is -2.36. The van der Waals surface area contributed by atoms with Crippen LogP contribution in [0.2, 0.25) is 0 Å². The third kappa shape index (κ3) is 2.93. The third-order valence-corrected chi connectivity index (χ3v) is 4.48. The van der Waals surface area contributed by atoms with Gasteiger partial charge in [-0.05, 0) is 50.0 Å². The summed E-state index contributed by atoms with van der Waals surface area (Å²) < 4.78 is 5.05. The Bertz CT molecular complexity index is 685. The predicted molar refractivity (Wildman–Crippen MR) is 89.2 cm³/mol. The minimum absolute atomic E-state index is 0.107. The number of hydrogen-bond acceptors (Lipinski definition) is 3. The molecule has 0 radical (unpaired) electrons. The molecular weight excluding hydrogens is 290 g/mol. The first kappa shape index (κ1) is 15.5. The maximum atomic E-state index is 12.5. The molecule has 1 aromatic carbocycles. The molecule has 0 saturated carbocycles. The van der Waals surface area contributed by atoms with Crippen molar-refractivity contribution in [3.05, 3.63) is 53.1 Å². The lowest BCUT2D eigenvalue weighted by atomic mass is 10.00. The number of esters is 1. The van der Waals surface area contributed by atoms with Crippen LogP contribution in [0.25, 0.3) is 0 Å². The van der Waals surface area contributed by atoms with Crippen molar-refractivity contribution in [2.24, 2.45) is 0 Å². The summed E-state index contributed by atoms with van der Waals surface area (Å²) in [6, 6.07) is 7.63. The van der Waals surface area contributed by atoms with E-state index in [2.05, 4.69) is 12.2 Å². The van der Waals surface area contributed by atoms with Gasteiger partial charge in [0.05, 0.1) is 12.5 Å². The first-order valence-corrected chi connectivity index (χ1v) is 8.06. The highest BCUT2D eigenvalue weighted by molar-refractivity contribution is 6.09. The van der Waals surface area contributed by atoms with Gasteiger partial charge in [-0.1, -0.05) is 24.3 Å². The van der Waals surface area contributed by atoms with Gasteiger partial charge >= 0.3 is 5.97 Å². The van der Waals surface area contributed by atoms with Crippen LogP contribution in [0.4, 0.5) is 5.69 Å². The standard InChI is InChI=1S/C19H21NO3/c1-3-23-19(22)13(2)14-8-10-16(11-9-14)20-12-15-6-4-5-7-17(15)18(20)21/h4-5,8-11,13H,3,6-7,12H2,1-2H3. The zero-order valence-corrected chi connectivity index (χ0v) is 13.5. The third-order valence-electron chi connectivity index (χ3n) is 4.48. The maximum Gasteiger partial charge on any atom is 0.313 e. The van der Waals surface area contributed by atoms with E-state index in [1.54, 1.807) is 6.92 Å². The largest absolute Gasteiger partial charge is 0.466 e. The zero-order chi connectivity index (χ0) is 16.4. The zero-order valence-electron chi connectivity index (χ0n) is 13.5. The van der Waals surface area contributed by atoms with E-state index in [4.69, 9.17) is 4.74 Å². The lowest BCUT2D eigenvalue weighted by Crippen LogP contribution is -2.26. The fourth-order valence-electron chi connectivity index (χ4n) is 3.07. The number of hydrogen-bond donors (Lipinski definition) is 0. The Balaban J connectivity index is 1.74. The fourth-order valence-corrected chi connectivity index (χ4v) is 3.07. The average Bonchev–Trinajstić information content (AvgIpc) is 2.92. The summed E-state index contributed by atoms with van der Waals surface area (Å²) in [6.45, 7) is 4.69. The normalized spacial score (nSPS) is 18.2. The van der Waals surface area contributed by atoms with E-state index in [1.165, 1.54) is 5.57 Å². The van der Waals surface area contributed by atoms with Gasteiger partial charge in [-0.25, -0.2) is 0 Å². The molecule has 0 aromatic heterocycles. The first-order valence-electron chi connectivity index (χ1n) is 8.06. The predicted octanol–water partition coefficient (Wildman–Crippen LogP) is 3.35. The van der Waals surface area contributed by atoms with Crippen molar-refractivity contribution in [2.45, 2.75) is 32.6 Å². The summed E-state index contributed by atoms with van der Waals surface area (Å²) in [7, 11) is 0. The minimum atomic E-state index is -0.297. The van der Waals surface area contributed by atoms with E-state index in [9.17, 15) is 9.59 Å². The molecule has 3 rings (SSSR count). The number of benzene rings is 1. The first-order chi connectivity index (χ1) is 11.1. The van der Waals surface area contributed by atoms with Gasteiger partial charge < -0.3 is 9.64 Å². The molecule has 1 atom stereocenters. The Morgan fingerprint density at radius 3 is 2.57 bits per heavy atom. The molecule has 4 nitrogen and oxygen atoms in total. The topological polar surface area (TPSA) is 46.6 Å². The number of anilines is 1. The quantitative estimate of drug-likeness (QED) is 0.633. The highest BCUT2D eigenvalue weighted by Gasteiger charge is 2.31. The lowest BCUT2D eigenvalue weighted by molar-refractivity contribution is -0.144. The summed E-state index contributed by atoms with van der Waals surface area (Å²) in [5.74, 6) is -0.412. The smallest absolute Gasteiger partial charge is 0.313 e. The fraction of sp³-hybridized carbons (Fsp3) is 0.368. The van der Waals surface area contributed by atoms with E-state index < -0.39 is 0 Å². The minimum Gasteiger partial charge on any atom is -0.466 e. The molecule has 1 aromatic rings. The average molecular weight is 311 g/mol. The Labute approximate surface area is 136 Å². The monoisotopic (exact) mass is 311 g/mol. The van der Waals surface area contributed by atoms with Crippen molar-refractivity contribution < 1.29 is 14.3 Å². The van der Waals surface area contributed by atoms with E-state index in [0.717, 1.165) is 29.7 Å². The number of rotatable bonds is 4. The van der Waals surface area contributed by atoms with Gasteiger partial charge in [0.2, 0.25) is 0 Å². The molecule has 2 aliphatic rings. The molecule has 1 amide bonds. The molecule has 1 heterocycles. The number of nitrogens with zero attached hydrogens (tertiary/aromatic N) is 1. The number of ether oxygens (including phenoxy) is 1. The summed E-state index contributed by atoms with van der Waals surface area (Å²) in [4.78, 5) is 26.1. The SMILES string of the molecule is CCOC(=O)C(C)c1ccc(N2CC3=C(CC=CC3)C2=O)cc1.